The minimum Gasteiger partial charge on any atom is -0.272 e. The molecule has 4 heterocycles. The van der Waals surface area contributed by atoms with Gasteiger partial charge >= 0.3 is 0 Å². The smallest absolute Gasteiger partial charge is 0.167 e. The Morgan fingerprint density at radius 3 is 2.90 bits per heavy atom. The number of rotatable bonds is 5. The van der Waals surface area contributed by atoms with E-state index in [0.29, 0.717) is 5.41 Å². The predicted molar refractivity (Wildman–Crippen MR) is 116 cm³/mol. The third-order valence-electron chi connectivity index (χ3n) is 6.78. The van der Waals surface area contributed by atoms with Gasteiger partial charge in [-0.05, 0) is 49.1 Å². The van der Waals surface area contributed by atoms with E-state index in [0.717, 1.165) is 47.3 Å². The molecule has 0 radical (unpaired) electrons. The van der Waals surface area contributed by atoms with E-state index in [1.54, 1.807) is 0 Å². The molecule has 0 aliphatic heterocycles. The predicted octanol–water partition coefficient (Wildman–Crippen LogP) is 4.63. The molecule has 152 valence electrons. The molecule has 7 heteroatoms. The molecule has 0 N–H and O–H groups in total. The van der Waals surface area contributed by atoms with Gasteiger partial charge in [0.05, 0.1) is 11.1 Å². The van der Waals surface area contributed by atoms with Gasteiger partial charge in [0.2, 0.25) is 0 Å². The third-order valence-corrected chi connectivity index (χ3v) is 7.95. The van der Waals surface area contributed by atoms with Crippen LogP contribution in [0, 0.1) is 18.3 Å². The highest BCUT2D eigenvalue weighted by Gasteiger charge is 2.33. The number of hydrogen-bond donors (Lipinski definition) is 0. The second kappa shape index (κ2) is 6.90. The first-order valence-corrected chi connectivity index (χ1v) is 11.4. The summed E-state index contributed by atoms with van der Waals surface area (Å²) in [7, 11) is 0. The van der Waals surface area contributed by atoms with Gasteiger partial charge in [-0.15, -0.1) is 16.4 Å². The number of aryl methyl sites for hydroxylation is 4. The zero-order valence-electron chi connectivity index (χ0n) is 17.6. The summed E-state index contributed by atoms with van der Waals surface area (Å²) in [5.74, 6) is 1.60. The highest BCUT2D eigenvalue weighted by Crippen LogP contribution is 2.44. The van der Waals surface area contributed by atoms with Gasteiger partial charge in [-0.2, -0.15) is 5.10 Å². The van der Waals surface area contributed by atoms with Crippen LogP contribution in [0.2, 0.25) is 0 Å². The Morgan fingerprint density at radius 2 is 2.14 bits per heavy atom. The van der Waals surface area contributed by atoms with Gasteiger partial charge in [0, 0.05) is 24.0 Å². The number of thiophene rings is 1. The first-order chi connectivity index (χ1) is 13.9. The van der Waals surface area contributed by atoms with Crippen LogP contribution in [0.3, 0.4) is 0 Å². The molecular formula is C22H28N6S. The van der Waals surface area contributed by atoms with Crippen LogP contribution in [0.1, 0.15) is 55.6 Å². The van der Waals surface area contributed by atoms with Gasteiger partial charge in [0.1, 0.15) is 11.2 Å². The minimum atomic E-state index is 0.392. The fourth-order valence-corrected chi connectivity index (χ4v) is 5.74. The molecule has 5 rings (SSSR count). The number of nitrogens with zero attached hydrogens (tertiary/aromatic N) is 6. The van der Waals surface area contributed by atoms with Crippen molar-refractivity contribution in [3.63, 3.8) is 0 Å². The van der Waals surface area contributed by atoms with E-state index in [2.05, 4.69) is 31.0 Å². The van der Waals surface area contributed by atoms with Gasteiger partial charge in [-0.1, -0.05) is 27.2 Å². The lowest BCUT2D eigenvalue weighted by Gasteiger charge is -2.36. The summed E-state index contributed by atoms with van der Waals surface area (Å²) in [6.07, 6.45) is 9.37. The third kappa shape index (κ3) is 3.25. The maximum Gasteiger partial charge on any atom is 0.167 e. The van der Waals surface area contributed by atoms with Crippen LogP contribution < -0.4 is 0 Å². The minimum absolute atomic E-state index is 0.392. The molecule has 0 amide bonds. The summed E-state index contributed by atoms with van der Waals surface area (Å²) >= 11 is 1.86. The standard InChI is InChI=1S/C22H28N6S/c1-5-22(3,4)15-6-7-16-17(12-15)29-21-19(16)20-24-18(26-28(20)13-23-21)9-11-27-10-8-14(2)25-27/h8,10,13,15H,5-7,9,11-12H2,1-4H3/t15-/m0/s1. The van der Waals surface area contributed by atoms with Crippen molar-refractivity contribution in [2.75, 3.05) is 0 Å². The molecular weight excluding hydrogens is 380 g/mol. The van der Waals surface area contributed by atoms with E-state index < -0.39 is 0 Å². The van der Waals surface area contributed by atoms with Crippen LogP contribution in [0.15, 0.2) is 18.6 Å². The zero-order valence-corrected chi connectivity index (χ0v) is 18.5. The lowest BCUT2D eigenvalue weighted by atomic mass is 9.70. The molecule has 4 aromatic heterocycles. The molecule has 0 fully saturated rings. The van der Waals surface area contributed by atoms with E-state index in [-0.39, 0.29) is 0 Å². The van der Waals surface area contributed by atoms with Crippen LogP contribution in [0.25, 0.3) is 15.9 Å². The van der Waals surface area contributed by atoms with Gasteiger partial charge in [0.25, 0.3) is 0 Å². The lowest BCUT2D eigenvalue weighted by molar-refractivity contribution is 0.184. The fraction of sp³-hybridized carbons (Fsp3) is 0.545. The largest absolute Gasteiger partial charge is 0.272 e. The second-order valence-electron chi connectivity index (χ2n) is 8.98. The van der Waals surface area contributed by atoms with E-state index in [1.807, 2.05) is 46.0 Å². The van der Waals surface area contributed by atoms with Gasteiger partial charge in [-0.3, -0.25) is 4.68 Å². The quantitative estimate of drug-likeness (QED) is 0.483. The van der Waals surface area contributed by atoms with Crippen molar-refractivity contribution < 1.29 is 0 Å². The van der Waals surface area contributed by atoms with Crippen LogP contribution in [-0.2, 0) is 25.8 Å². The maximum atomic E-state index is 4.90. The first kappa shape index (κ1) is 18.7. The molecule has 1 aliphatic carbocycles. The monoisotopic (exact) mass is 408 g/mol. The van der Waals surface area contributed by atoms with Crippen molar-refractivity contribution in [2.24, 2.45) is 11.3 Å². The summed E-state index contributed by atoms with van der Waals surface area (Å²) in [6.45, 7) is 9.94. The van der Waals surface area contributed by atoms with Gasteiger partial charge < -0.3 is 0 Å². The summed E-state index contributed by atoms with van der Waals surface area (Å²) in [5.41, 5.74) is 3.86. The molecule has 0 saturated carbocycles. The zero-order chi connectivity index (χ0) is 20.2. The molecule has 4 aromatic rings. The Bertz CT molecular complexity index is 1180. The Labute approximate surface area is 175 Å². The molecule has 0 spiro atoms. The van der Waals surface area contributed by atoms with Crippen molar-refractivity contribution in [2.45, 2.75) is 66.3 Å². The number of aromatic nitrogens is 6. The molecule has 0 aromatic carbocycles. The topological polar surface area (TPSA) is 60.9 Å². The Kier molecular flexibility index (Phi) is 4.46. The lowest BCUT2D eigenvalue weighted by Crippen LogP contribution is -2.28. The van der Waals surface area contributed by atoms with E-state index in [9.17, 15) is 0 Å². The van der Waals surface area contributed by atoms with Gasteiger partial charge in [0.15, 0.2) is 11.5 Å². The molecule has 0 unspecified atom stereocenters. The van der Waals surface area contributed by atoms with E-state index in [4.69, 9.17) is 9.97 Å². The van der Waals surface area contributed by atoms with E-state index in [1.165, 1.54) is 35.1 Å². The Balaban J connectivity index is 1.48. The van der Waals surface area contributed by atoms with Crippen LogP contribution in [-0.4, -0.2) is 29.4 Å². The summed E-state index contributed by atoms with van der Waals surface area (Å²) < 4.78 is 3.82. The molecule has 1 atom stereocenters. The number of hydrogen-bond acceptors (Lipinski definition) is 5. The average Bonchev–Trinajstić information content (AvgIpc) is 3.40. The van der Waals surface area contributed by atoms with Crippen molar-refractivity contribution in [3.8, 4) is 0 Å². The highest BCUT2D eigenvalue weighted by atomic mass is 32.1. The highest BCUT2D eigenvalue weighted by molar-refractivity contribution is 7.19. The first-order valence-electron chi connectivity index (χ1n) is 10.6. The Morgan fingerprint density at radius 1 is 1.28 bits per heavy atom. The van der Waals surface area contributed by atoms with Gasteiger partial charge in [-0.25, -0.2) is 14.5 Å². The van der Waals surface area contributed by atoms with Crippen LogP contribution in [0.5, 0.6) is 0 Å². The van der Waals surface area contributed by atoms with Crippen LogP contribution in [0.4, 0.5) is 0 Å². The molecule has 0 bridgehead atoms. The molecule has 29 heavy (non-hydrogen) atoms. The van der Waals surface area contributed by atoms with Crippen molar-refractivity contribution in [1.29, 1.82) is 0 Å². The Hall–Kier alpha value is -2.28. The maximum absolute atomic E-state index is 4.90. The molecule has 6 nitrogen and oxygen atoms in total. The van der Waals surface area contributed by atoms with Crippen molar-refractivity contribution in [1.82, 2.24) is 29.4 Å². The summed E-state index contributed by atoms with van der Waals surface area (Å²) in [4.78, 5) is 12.2. The van der Waals surface area contributed by atoms with E-state index >= 15 is 0 Å². The summed E-state index contributed by atoms with van der Waals surface area (Å²) in [5, 5.41) is 10.4. The van der Waals surface area contributed by atoms with Crippen molar-refractivity contribution >= 4 is 27.2 Å². The summed E-state index contributed by atoms with van der Waals surface area (Å²) in [6, 6.07) is 2.02. The SMILES string of the molecule is CCC(C)(C)[C@H]1CCc2c(sc3ncn4nc(CCn5ccc(C)n5)nc4c23)C1. The van der Waals surface area contributed by atoms with Crippen LogP contribution >= 0.6 is 11.3 Å². The average molecular weight is 409 g/mol. The fourth-order valence-electron chi connectivity index (χ4n) is 4.48. The molecule has 1 aliphatic rings. The number of fused-ring (bicyclic) bond motifs is 5. The van der Waals surface area contributed by atoms with Crippen molar-refractivity contribution in [3.05, 3.63) is 40.5 Å². The molecule has 0 saturated heterocycles. The second-order valence-corrected chi connectivity index (χ2v) is 10.1. The normalized spacial score (nSPS) is 17.3.